The van der Waals surface area contributed by atoms with Crippen molar-refractivity contribution in [3.05, 3.63) is 29.7 Å². The highest BCUT2D eigenvalue weighted by Gasteiger charge is 2.33. The maximum atomic E-state index is 10.2. The minimum atomic E-state index is -0.417. The molecule has 2 aromatic heterocycles. The molecule has 7 nitrogen and oxygen atoms in total. The zero-order chi connectivity index (χ0) is 15.1. The molecule has 116 valence electrons. The van der Waals surface area contributed by atoms with Gasteiger partial charge in [0.1, 0.15) is 6.10 Å². The van der Waals surface area contributed by atoms with E-state index in [9.17, 15) is 5.11 Å². The molecule has 0 bridgehead atoms. The molecule has 0 radical (unpaired) electrons. The molecule has 1 saturated carbocycles. The van der Waals surface area contributed by atoms with Crippen molar-refractivity contribution in [3.63, 3.8) is 0 Å². The Labute approximate surface area is 128 Å². The Kier molecular flexibility index (Phi) is 3.22. The summed E-state index contributed by atoms with van der Waals surface area (Å²) < 4.78 is 7.14. The first kappa shape index (κ1) is 13.5. The van der Waals surface area contributed by atoms with Crippen LogP contribution in [-0.4, -0.2) is 38.5 Å². The van der Waals surface area contributed by atoms with Crippen LogP contribution in [0.2, 0.25) is 0 Å². The lowest BCUT2D eigenvalue weighted by atomic mass is 10.1. The fourth-order valence-corrected chi connectivity index (χ4v) is 2.86. The van der Waals surface area contributed by atoms with Crippen LogP contribution in [0.4, 0.5) is 5.95 Å². The fourth-order valence-electron chi connectivity index (χ4n) is 2.86. The standard InChI is InChI=1S/C15H19N5O2/c1-22-13-4-5-16-15(17-13)19-6-7-20-11(9-19)8-12(18-20)14(21)10-2-3-10/h4-5,8,10,14,21H,2-3,6-7,9H2,1H3/t14-/m1/s1. The van der Waals surface area contributed by atoms with Crippen LogP contribution in [0.3, 0.4) is 0 Å². The summed E-state index contributed by atoms with van der Waals surface area (Å²) >= 11 is 0. The van der Waals surface area contributed by atoms with E-state index in [1.54, 1.807) is 19.4 Å². The summed E-state index contributed by atoms with van der Waals surface area (Å²) in [5.41, 5.74) is 1.89. The van der Waals surface area contributed by atoms with Crippen molar-refractivity contribution in [2.75, 3.05) is 18.6 Å². The summed E-state index contributed by atoms with van der Waals surface area (Å²) in [6.45, 7) is 2.26. The highest BCUT2D eigenvalue weighted by atomic mass is 16.5. The van der Waals surface area contributed by atoms with Crippen LogP contribution in [0, 0.1) is 5.92 Å². The zero-order valence-corrected chi connectivity index (χ0v) is 12.5. The first-order valence-electron chi connectivity index (χ1n) is 7.61. The van der Waals surface area contributed by atoms with Gasteiger partial charge in [-0.3, -0.25) is 4.68 Å². The molecule has 7 heteroatoms. The van der Waals surface area contributed by atoms with Gasteiger partial charge in [-0.2, -0.15) is 10.1 Å². The molecule has 0 unspecified atom stereocenters. The highest BCUT2D eigenvalue weighted by Crippen LogP contribution is 2.40. The summed E-state index contributed by atoms with van der Waals surface area (Å²) in [5.74, 6) is 1.62. The number of hydrogen-bond acceptors (Lipinski definition) is 6. The second kappa shape index (κ2) is 5.24. The molecular formula is C15H19N5O2. The van der Waals surface area contributed by atoms with Crippen LogP contribution in [0.15, 0.2) is 18.3 Å². The number of rotatable bonds is 4. The number of aromatic nitrogens is 4. The quantitative estimate of drug-likeness (QED) is 0.913. The normalized spacial score (nSPS) is 18.9. The highest BCUT2D eigenvalue weighted by molar-refractivity contribution is 5.34. The second-order valence-electron chi connectivity index (χ2n) is 5.89. The van der Waals surface area contributed by atoms with Crippen molar-refractivity contribution in [2.24, 2.45) is 5.92 Å². The third-order valence-electron chi connectivity index (χ3n) is 4.30. The van der Waals surface area contributed by atoms with E-state index in [1.807, 2.05) is 10.7 Å². The molecule has 1 N–H and O–H groups in total. The SMILES string of the molecule is COc1ccnc(N2CCn3nc([C@H](O)C4CC4)cc3C2)n1. The largest absolute Gasteiger partial charge is 0.481 e. The molecule has 0 aromatic carbocycles. The molecule has 0 spiro atoms. The Hall–Kier alpha value is -2.15. The fraction of sp³-hybridized carbons (Fsp3) is 0.533. The average Bonchev–Trinajstić information content (AvgIpc) is 3.32. The van der Waals surface area contributed by atoms with Crippen LogP contribution < -0.4 is 9.64 Å². The van der Waals surface area contributed by atoms with Crippen LogP contribution in [0.5, 0.6) is 5.88 Å². The zero-order valence-electron chi connectivity index (χ0n) is 12.5. The first-order chi connectivity index (χ1) is 10.7. The van der Waals surface area contributed by atoms with E-state index in [-0.39, 0.29) is 0 Å². The molecule has 0 saturated heterocycles. The minimum Gasteiger partial charge on any atom is -0.481 e. The lowest BCUT2D eigenvalue weighted by Gasteiger charge is -2.27. The molecule has 1 atom stereocenters. The third kappa shape index (κ3) is 2.41. The molecular weight excluding hydrogens is 282 g/mol. The van der Waals surface area contributed by atoms with Crippen molar-refractivity contribution < 1.29 is 9.84 Å². The van der Waals surface area contributed by atoms with E-state index in [0.717, 1.165) is 37.3 Å². The molecule has 1 aliphatic heterocycles. The van der Waals surface area contributed by atoms with Crippen molar-refractivity contribution in [1.29, 1.82) is 0 Å². The van der Waals surface area contributed by atoms with Crippen LogP contribution >= 0.6 is 0 Å². The lowest BCUT2D eigenvalue weighted by Crippen LogP contribution is -2.34. The van der Waals surface area contributed by atoms with Crippen LogP contribution in [0.1, 0.15) is 30.3 Å². The van der Waals surface area contributed by atoms with E-state index in [4.69, 9.17) is 4.74 Å². The lowest BCUT2D eigenvalue weighted by molar-refractivity contribution is 0.148. The van der Waals surface area contributed by atoms with Crippen LogP contribution in [0.25, 0.3) is 0 Å². The van der Waals surface area contributed by atoms with Gasteiger partial charge in [0, 0.05) is 18.8 Å². The van der Waals surface area contributed by atoms with Gasteiger partial charge in [0.05, 0.1) is 31.6 Å². The van der Waals surface area contributed by atoms with Gasteiger partial charge in [-0.1, -0.05) is 0 Å². The number of aliphatic hydroxyl groups excluding tert-OH is 1. The molecule has 2 aliphatic rings. The van der Waals surface area contributed by atoms with E-state index in [0.29, 0.717) is 24.3 Å². The van der Waals surface area contributed by atoms with E-state index >= 15 is 0 Å². The molecule has 1 fully saturated rings. The van der Waals surface area contributed by atoms with Crippen molar-refractivity contribution in [2.45, 2.75) is 32.0 Å². The van der Waals surface area contributed by atoms with Gasteiger partial charge in [-0.15, -0.1) is 0 Å². The third-order valence-corrected chi connectivity index (χ3v) is 4.30. The monoisotopic (exact) mass is 301 g/mol. The number of nitrogens with zero attached hydrogens (tertiary/aromatic N) is 5. The Bertz CT molecular complexity index is 682. The Morgan fingerprint density at radius 3 is 3.00 bits per heavy atom. The number of hydrogen-bond donors (Lipinski definition) is 1. The van der Waals surface area contributed by atoms with Gasteiger partial charge < -0.3 is 14.7 Å². The van der Waals surface area contributed by atoms with Crippen molar-refractivity contribution >= 4 is 5.95 Å². The minimum absolute atomic E-state index is 0.398. The number of methoxy groups -OCH3 is 1. The maximum Gasteiger partial charge on any atom is 0.229 e. The van der Waals surface area contributed by atoms with E-state index < -0.39 is 6.10 Å². The Morgan fingerprint density at radius 2 is 2.23 bits per heavy atom. The first-order valence-corrected chi connectivity index (χ1v) is 7.61. The number of fused-ring (bicyclic) bond motifs is 1. The summed E-state index contributed by atoms with van der Waals surface area (Å²) in [6, 6.07) is 3.75. The van der Waals surface area contributed by atoms with Gasteiger partial charge in [-0.05, 0) is 24.8 Å². The predicted octanol–water partition coefficient (Wildman–Crippen LogP) is 1.15. The second-order valence-corrected chi connectivity index (χ2v) is 5.89. The van der Waals surface area contributed by atoms with Gasteiger partial charge >= 0.3 is 0 Å². The Balaban J connectivity index is 1.55. The molecule has 22 heavy (non-hydrogen) atoms. The molecule has 1 aliphatic carbocycles. The van der Waals surface area contributed by atoms with Gasteiger partial charge in [-0.25, -0.2) is 4.98 Å². The molecule has 0 amide bonds. The van der Waals surface area contributed by atoms with Crippen molar-refractivity contribution in [3.8, 4) is 5.88 Å². The maximum absolute atomic E-state index is 10.2. The van der Waals surface area contributed by atoms with E-state index in [1.165, 1.54) is 0 Å². The number of aliphatic hydroxyl groups is 1. The summed E-state index contributed by atoms with van der Waals surface area (Å²) in [5, 5.41) is 14.8. The summed E-state index contributed by atoms with van der Waals surface area (Å²) in [7, 11) is 1.60. The molecule has 2 aromatic rings. The summed E-state index contributed by atoms with van der Waals surface area (Å²) in [6.07, 6.45) is 3.50. The number of ether oxygens (including phenoxy) is 1. The molecule has 4 rings (SSSR count). The summed E-state index contributed by atoms with van der Waals surface area (Å²) in [4.78, 5) is 10.8. The van der Waals surface area contributed by atoms with Crippen LogP contribution in [-0.2, 0) is 13.1 Å². The van der Waals surface area contributed by atoms with Gasteiger partial charge in [0.25, 0.3) is 0 Å². The van der Waals surface area contributed by atoms with E-state index in [2.05, 4.69) is 20.0 Å². The smallest absolute Gasteiger partial charge is 0.229 e. The van der Waals surface area contributed by atoms with Gasteiger partial charge in [0.2, 0.25) is 11.8 Å². The number of anilines is 1. The van der Waals surface area contributed by atoms with Crippen molar-refractivity contribution in [1.82, 2.24) is 19.7 Å². The Morgan fingerprint density at radius 1 is 1.36 bits per heavy atom. The average molecular weight is 301 g/mol. The van der Waals surface area contributed by atoms with Gasteiger partial charge in [0.15, 0.2) is 0 Å². The topological polar surface area (TPSA) is 76.3 Å². The predicted molar refractivity (Wildman–Crippen MR) is 79.5 cm³/mol. The molecule has 3 heterocycles.